The molecule has 0 saturated heterocycles. The van der Waals surface area contributed by atoms with Gasteiger partial charge < -0.3 is 9.88 Å². The summed E-state index contributed by atoms with van der Waals surface area (Å²) in [5, 5.41) is 12.7. The summed E-state index contributed by atoms with van der Waals surface area (Å²) in [6.45, 7) is 1.68. The van der Waals surface area contributed by atoms with Crippen molar-refractivity contribution in [2.45, 2.75) is 17.3 Å². The van der Waals surface area contributed by atoms with Crippen molar-refractivity contribution in [1.82, 2.24) is 14.8 Å². The van der Waals surface area contributed by atoms with Crippen LogP contribution in [0.1, 0.15) is 6.92 Å². The maximum atomic E-state index is 13.6. The van der Waals surface area contributed by atoms with Crippen LogP contribution in [0, 0.1) is 11.6 Å². The lowest BCUT2D eigenvalue weighted by molar-refractivity contribution is -0.115. The Morgan fingerprint density at radius 1 is 1.32 bits per heavy atom. The quantitative estimate of drug-likeness (QED) is 0.681. The van der Waals surface area contributed by atoms with E-state index in [1.807, 2.05) is 24.6 Å². The van der Waals surface area contributed by atoms with E-state index in [0.717, 1.165) is 22.8 Å². The Labute approximate surface area is 151 Å². The van der Waals surface area contributed by atoms with Gasteiger partial charge in [-0.25, -0.2) is 8.78 Å². The zero-order chi connectivity index (χ0) is 18.0. The number of nitrogens with one attached hydrogen (secondary N) is 1. The van der Waals surface area contributed by atoms with Crippen LogP contribution in [-0.2, 0) is 11.8 Å². The average molecular weight is 380 g/mol. The molecule has 2 aromatic heterocycles. The minimum absolute atomic E-state index is 0.0592. The van der Waals surface area contributed by atoms with E-state index in [1.165, 1.54) is 17.8 Å². The van der Waals surface area contributed by atoms with E-state index >= 15 is 0 Å². The third-order valence-corrected chi connectivity index (χ3v) is 5.42. The third kappa shape index (κ3) is 3.88. The average Bonchev–Trinajstić information content (AvgIpc) is 3.20. The molecule has 2 heterocycles. The van der Waals surface area contributed by atoms with Gasteiger partial charge in [-0.15, -0.1) is 21.5 Å². The molecule has 1 N–H and O–H groups in total. The van der Waals surface area contributed by atoms with E-state index in [4.69, 9.17) is 0 Å². The van der Waals surface area contributed by atoms with Crippen molar-refractivity contribution in [2.24, 2.45) is 7.05 Å². The van der Waals surface area contributed by atoms with Crippen molar-refractivity contribution < 1.29 is 13.6 Å². The molecule has 0 aliphatic rings. The van der Waals surface area contributed by atoms with Crippen LogP contribution in [0.3, 0.4) is 0 Å². The number of halogens is 2. The molecule has 130 valence electrons. The molecule has 0 aliphatic carbocycles. The summed E-state index contributed by atoms with van der Waals surface area (Å²) in [7, 11) is 1.82. The van der Waals surface area contributed by atoms with E-state index in [9.17, 15) is 13.6 Å². The second-order valence-electron chi connectivity index (χ2n) is 5.22. The molecule has 1 aromatic carbocycles. The minimum Gasteiger partial charge on any atom is -0.323 e. The zero-order valence-electron chi connectivity index (χ0n) is 13.4. The summed E-state index contributed by atoms with van der Waals surface area (Å²) in [5.41, 5.74) is -0.0592. The molecular formula is C16H14F2N4OS2. The first-order chi connectivity index (χ1) is 12.0. The molecule has 1 atom stereocenters. The number of hydrogen-bond donors (Lipinski definition) is 1. The highest BCUT2D eigenvalue weighted by atomic mass is 32.2. The number of carbonyl (C=O) groups is 1. The standard InChI is InChI=1S/C16H14F2N4OS2/c1-9(15(23)19-12-6-5-10(17)8-11(12)18)25-16-21-20-14(22(16)2)13-4-3-7-24-13/h3-9H,1-2H3,(H,19,23). The maximum absolute atomic E-state index is 13.6. The lowest BCUT2D eigenvalue weighted by Gasteiger charge is -2.12. The number of nitrogens with zero attached hydrogens (tertiary/aromatic N) is 3. The van der Waals surface area contributed by atoms with Crippen molar-refractivity contribution in [3.63, 3.8) is 0 Å². The molecule has 0 fully saturated rings. The number of aromatic nitrogens is 3. The summed E-state index contributed by atoms with van der Waals surface area (Å²) in [6.07, 6.45) is 0. The van der Waals surface area contributed by atoms with Gasteiger partial charge in [0.1, 0.15) is 11.6 Å². The van der Waals surface area contributed by atoms with Crippen LogP contribution in [0.15, 0.2) is 40.9 Å². The summed E-state index contributed by atoms with van der Waals surface area (Å²) in [6, 6.07) is 6.87. The van der Waals surface area contributed by atoms with Gasteiger partial charge in [0.15, 0.2) is 11.0 Å². The predicted octanol–water partition coefficient (Wildman–Crippen LogP) is 3.94. The fourth-order valence-corrected chi connectivity index (χ4v) is 3.63. The maximum Gasteiger partial charge on any atom is 0.237 e. The first kappa shape index (κ1) is 17.6. The van der Waals surface area contributed by atoms with Crippen molar-refractivity contribution in [3.05, 3.63) is 47.3 Å². The van der Waals surface area contributed by atoms with Crippen LogP contribution in [0.2, 0.25) is 0 Å². The highest BCUT2D eigenvalue weighted by Gasteiger charge is 2.20. The van der Waals surface area contributed by atoms with Gasteiger partial charge >= 0.3 is 0 Å². The Morgan fingerprint density at radius 3 is 2.80 bits per heavy atom. The molecule has 0 aliphatic heterocycles. The Morgan fingerprint density at radius 2 is 2.12 bits per heavy atom. The van der Waals surface area contributed by atoms with E-state index in [0.29, 0.717) is 5.16 Å². The van der Waals surface area contributed by atoms with Crippen LogP contribution in [0.5, 0.6) is 0 Å². The number of benzene rings is 1. The van der Waals surface area contributed by atoms with Crippen LogP contribution >= 0.6 is 23.1 Å². The first-order valence-electron chi connectivity index (χ1n) is 7.31. The fourth-order valence-electron chi connectivity index (χ4n) is 2.07. The van der Waals surface area contributed by atoms with Crippen molar-refractivity contribution >= 4 is 34.7 Å². The van der Waals surface area contributed by atoms with Gasteiger partial charge in [-0.3, -0.25) is 4.79 Å². The van der Waals surface area contributed by atoms with Crippen molar-refractivity contribution in [2.75, 3.05) is 5.32 Å². The largest absolute Gasteiger partial charge is 0.323 e. The molecule has 5 nitrogen and oxygen atoms in total. The molecule has 3 rings (SSSR count). The molecule has 0 bridgehead atoms. The Balaban J connectivity index is 1.69. The molecule has 25 heavy (non-hydrogen) atoms. The SMILES string of the molecule is CC(Sc1nnc(-c2cccs2)n1C)C(=O)Nc1ccc(F)cc1F. The second-order valence-corrected chi connectivity index (χ2v) is 7.47. The van der Waals surface area contributed by atoms with Gasteiger partial charge in [0, 0.05) is 13.1 Å². The first-order valence-corrected chi connectivity index (χ1v) is 9.07. The molecule has 0 saturated carbocycles. The van der Waals surface area contributed by atoms with E-state index in [-0.39, 0.29) is 5.69 Å². The summed E-state index contributed by atoms with van der Waals surface area (Å²) < 4.78 is 28.4. The number of rotatable bonds is 5. The van der Waals surface area contributed by atoms with Gasteiger partial charge in [0.25, 0.3) is 0 Å². The van der Waals surface area contributed by atoms with Crippen LogP contribution in [0.4, 0.5) is 14.5 Å². The molecule has 1 amide bonds. The number of thiophene rings is 1. The summed E-state index contributed by atoms with van der Waals surface area (Å²) >= 11 is 2.76. The van der Waals surface area contributed by atoms with Crippen LogP contribution < -0.4 is 5.32 Å². The second kappa shape index (κ2) is 7.32. The Bertz CT molecular complexity index is 896. The van der Waals surface area contributed by atoms with Gasteiger partial charge in [-0.05, 0) is 30.5 Å². The van der Waals surface area contributed by atoms with Gasteiger partial charge in [-0.1, -0.05) is 17.8 Å². The fraction of sp³-hybridized carbons (Fsp3) is 0.188. The lowest BCUT2D eigenvalue weighted by Crippen LogP contribution is -2.23. The monoisotopic (exact) mass is 380 g/mol. The minimum atomic E-state index is -0.816. The van der Waals surface area contributed by atoms with Crippen LogP contribution in [0.25, 0.3) is 10.7 Å². The number of amides is 1. The van der Waals surface area contributed by atoms with Gasteiger partial charge in [0.05, 0.1) is 15.8 Å². The highest BCUT2D eigenvalue weighted by molar-refractivity contribution is 8.00. The van der Waals surface area contributed by atoms with Gasteiger partial charge in [-0.2, -0.15) is 0 Å². The van der Waals surface area contributed by atoms with Crippen molar-refractivity contribution in [1.29, 1.82) is 0 Å². The normalized spacial score (nSPS) is 12.2. The summed E-state index contributed by atoms with van der Waals surface area (Å²) in [5.74, 6) is -1.20. The molecule has 0 radical (unpaired) electrons. The smallest absolute Gasteiger partial charge is 0.237 e. The van der Waals surface area contributed by atoms with E-state index in [1.54, 1.807) is 22.8 Å². The number of anilines is 1. The molecule has 0 spiro atoms. The topological polar surface area (TPSA) is 59.8 Å². The zero-order valence-corrected chi connectivity index (χ0v) is 15.0. The van der Waals surface area contributed by atoms with Gasteiger partial charge in [0.2, 0.25) is 5.91 Å². The number of hydrogen-bond acceptors (Lipinski definition) is 5. The lowest BCUT2D eigenvalue weighted by atomic mass is 10.3. The van der Waals surface area contributed by atoms with Crippen molar-refractivity contribution in [3.8, 4) is 10.7 Å². The Hall–Kier alpha value is -2.26. The third-order valence-electron chi connectivity index (χ3n) is 3.42. The van der Waals surface area contributed by atoms with E-state index in [2.05, 4.69) is 15.5 Å². The Kier molecular flexibility index (Phi) is 5.14. The molecular weight excluding hydrogens is 366 g/mol. The van der Waals surface area contributed by atoms with Crippen LogP contribution in [-0.4, -0.2) is 25.9 Å². The summed E-state index contributed by atoms with van der Waals surface area (Å²) in [4.78, 5) is 13.2. The van der Waals surface area contributed by atoms with E-state index < -0.39 is 22.8 Å². The molecule has 9 heteroatoms. The number of thioether (sulfide) groups is 1. The predicted molar refractivity (Wildman–Crippen MR) is 94.6 cm³/mol. The molecule has 1 unspecified atom stereocenters. The highest BCUT2D eigenvalue weighted by Crippen LogP contribution is 2.28. The number of carbonyl (C=O) groups excluding carboxylic acids is 1. The molecule has 3 aromatic rings.